The second-order valence-electron chi connectivity index (χ2n) is 4.43. The van der Waals surface area contributed by atoms with Crippen LogP contribution in [-0.4, -0.2) is 29.9 Å². The standard InChI is InChI=1S/C12H19N5O2/c1-8(2)6-14-11(18)7-15-12(19)9-4-3-5-10(16-9)17-13/h3-5,8H,6-7,13H2,1-2H3,(H,14,18)(H,15,19)(H,16,17). The van der Waals surface area contributed by atoms with Crippen molar-refractivity contribution in [1.29, 1.82) is 0 Å². The van der Waals surface area contributed by atoms with E-state index in [-0.39, 0.29) is 18.1 Å². The van der Waals surface area contributed by atoms with E-state index in [1.165, 1.54) is 0 Å². The molecule has 5 N–H and O–H groups in total. The number of carbonyl (C=O) groups excluding carboxylic acids is 2. The number of nitrogens with zero attached hydrogens (tertiary/aromatic N) is 1. The Bertz CT molecular complexity index is 448. The van der Waals surface area contributed by atoms with Crippen LogP contribution in [0.3, 0.4) is 0 Å². The number of hydrogen-bond donors (Lipinski definition) is 4. The van der Waals surface area contributed by atoms with Gasteiger partial charge >= 0.3 is 0 Å². The zero-order valence-corrected chi connectivity index (χ0v) is 11.1. The minimum atomic E-state index is -0.420. The number of nitrogens with one attached hydrogen (secondary N) is 3. The van der Waals surface area contributed by atoms with Gasteiger partial charge in [0.05, 0.1) is 6.54 Å². The van der Waals surface area contributed by atoms with E-state index in [1.807, 2.05) is 13.8 Å². The third-order valence-corrected chi connectivity index (χ3v) is 2.25. The Morgan fingerprint density at radius 1 is 1.32 bits per heavy atom. The molecular formula is C12H19N5O2. The maximum atomic E-state index is 11.7. The minimum absolute atomic E-state index is 0.0759. The molecule has 2 amide bonds. The first-order valence-corrected chi connectivity index (χ1v) is 6.01. The molecule has 0 spiro atoms. The number of hydrazine groups is 1. The Kier molecular flexibility index (Phi) is 5.74. The molecule has 1 heterocycles. The summed E-state index contributed by atoms with van der Waals surface area (Å²) in [5, 5.41) is 5.20. The van der Waals surface area contributed by atoms with Crippen LogP contribution in [-0.2, 0) is 4.79 Å². The summed E-state index contributed by atoms with van der Waals surface area (Å²) in [5.74, 6) is 5.31. The molecule has 0 aliphatic heterocycles. The molecule has 0 bridgehead atoms. The summed E-state index contributed by atoms with van der Waals surface area (Å²) in [6.45, 7) is 4.50. The van der Waals surface area contributed by atoms with Crippen molar-refractivity contribution >= 4 is 17.6 Å². The highest BCUT2D eigenvalue weighted by Gasteiger charge is 2.09. The molecule has 7 nitrogen and oxygen atoms in total. The van der Waals surface area contributed by atoms with E-state index in [1.54, 1.807) is 18.2 Å². The first-order chi connectivity index (χ1) is 9.02. The zero-order valence-electron chi connectivity index (χ0n) is 11.1. The molecular weight excluding hydrogens is 246 g/mol. The smallest absolute Gasteiger partial charge is 0.270 e. The third kappa shape index (κ3) is 5.35. The highest BCUT2D eigenvalue weighted by Crippen LogP contribution is 2.02. The minimum Gasteiger partial charge on any atom is -0.354 e. The van der Waals surface area contributed by atoms with Crippen LogP contribution in [0, 0.1) is 5.92 Å². The summed E-state index contributed by atoms with van der Waals surface area (Å²) < 4.78 is 0. The number of nitrogen functional groups attached to an aromatic ring is 1. The normalized spacial score (nSPS) is 10.1. The summed E-state index contributed by atoms with van der Waals surface area (Å²) in [4.78, 5) is 27.1. The third-order valence-electron chi connectivity index (χ3n) is 2.25. The number of nitrogens with two attached hydrogens (primary N) is 1. The van der Waals surface area contributed by atoms with Gasteiger partial charge in [0.2, 0.25) is 5.91 Å². The maximum absolute atomic E-state index is 11.7. The summed E-state index contributed by atoms with van der Waals surface area (Å²) in [5.41, 5.74) is 2.55. The van der Waals surface area contributed by atoms with E-state index >= 15 is 0 Å². The van der Waals surface area contributed by atoms with Crippen LogP contribution in [0.1, 0.15) is 24.3 Å². The van der Waals surface area contributed by atoms with Gasteiger partial charge < -0.3 is 16.1 Å². The molecule has 1 aromatic rings. The molecule has 0 aliphatic rings. The van der Waals surface area contributed by atoms with Crippen molar-refractivity contribution in [3.8, 4) is 0 Å². The van der Waals surface area contributed by atoms with E-state index < -0.39 is 5.91 Å². The second kappa shape index (κ2) is 7.32. The van der Waals surface area contributed by atoms with Gasteiger partial charge in [0.25, 0.3) is 5.91 Å². The largest absolute Gasteiger partial charge is 0.354 e. The van der Waals surface area contributed by atoms with Crippen molar-refractivity contribution in [3.63, 3.8) is 0 Å². The molecule has 1 aromatic heterocycles. The van der Waals surface area contributed by atoms with E-state index in [0.29, 0.717) is 18.3 Å². The van der Waals surface area contributed by atoms with Gasteiger partial charge in [-0.15, -0.1) is 0 Å². The number of pyridine rings is 1. The SMILES string of the molecule is CC(C)CNC(=O)CNC(=O)c1cccc(NN)n1. The molecule has 0 unspecified atom stereocenters. The monoisotopic (exact) mass is 265 g/mol. The second-order valence-corrected chi connectivity index (χ2v) is 4.43. The number of amides is 2. The number of carbonyl (C=O) groups is 2. The first-order valence-electron chi connectivity index (χ1n) is 6.01. The fourth-order valence-electron chi connectivity index (χ4n) is 1.27. The lowest BCUT2D eigenvalue weighted by atomic mass is 10.2. The van der Waals surface area contributed by atoms with Crippen LogP contribution in [0.2, 0.25) is 0 Å². The molecule has 0 radical (unpaired) electrons. The van der Waals surface area contributed by atoms with Crippen molar-refractivity contribution in [3.05, 3.63) is 23.9 Å². The van der Waals surface area contributed by atoms with Crippen LogP contribution in [0.4, 0.5) is 5.82 Å². The van der Waals surface area contributed by atoms with Crippen LogP contribution in [0.5, 0.6) is 0 Å². The quantitative estimate of drug-likeness (QED) is 0.423. The van der Waals surface area contributed by atoms with E-state index in [9.17, 15) is 9.59 Å². The highest BCUT2D eigenvalue weighted by molar-refractivity contribution is 5.95. The van der Waals surface area contributed by atoms with Gasteiger partial charge in [0.15, 0.2) is 0 Å². The van der Waals surface area contributed by atoms with E-state index in [2.05, 4.69) is 21.0 Å². The van der Waals surface area contributed by atoms with Gasteiger partial charge in [-0.3, -0.25) is 9.59 Å². The molecule has 0 saturated heterocycles. The van der Waals surface area contributed by atoms with Gasteiger partial charge in [0.1, 0.15) is 11.5 Å². The van der Waals surface area contributed by atoms with Gasteiger partial charge in [0, 0.05) is 6.54 Å². The average molecular weight is 265 g/mol. The Hall–Kier alpha value is -2.15. The van der Waals surface area contributed by atoms with Crippen LogP contribution >= 0.6 is 0 Å². The van der Waals surface area contributed by atoms with Crippen molar-refractivity contribution in [2.24, 2.45) is 11.8 Å². The van der Waals surface area contributed by atoms with Gasteiger partial charge in [-0.2, -0.15) is 0 Å². The predicted octanol–water partition coefficient (Wildman–Crippen LogP) is -0.131. The summed E-state index contributed by atoms with van der Waals surface area (Å²) >= 11 is 0. The Balaban J connectivity index is 2.44. The van der Waals surface area contributed by atoms with Crippen LogP contribution in [0.15, 0.2) is 18.2 Å². The lowest BCUT2D eigenvalue weighted by Crippen LogP contribution is -2.38. The highest BCUT2D eigenvalue weighted by atomic mass is 16.2. The molecule has 19 heavy (non-hydrogen) atoms. The van der Waals surface area contributed by atoms with E-state index in [4.69, 9.17) is 5.84 Å². The predicted molar refractivity (Wildman–Crippen MR) is 72.2 cm³/mol. The molecule has 0 atom stereocenters. The van der Waals surface area contributed by atoms with Gasteiger partial charge in [-0.1, -0.05) is 19.9 Å². The van der Waals surface area contributed by atoms with Crippen molar-refractivity contribution in [2.45, 2.75) is 13.8 Å². The number of hydrogen-bond acceptors (Lipinski definition) is 5. The van der Waals surface area contributed by atoms with Crippen molar-refractivity contribution < 1.29 is 9.59 Å². The molecule has 104 valence electrons. The molecule has 7 heteroatoms. The Labute approximate surface area is 111 Å². The maximum Gasteiger partial charge on any atom is 0.270 e. The summed E-state index contributed by atoms with van der Waals surface area (Å²) in [6, 6.07) is 4.82. The van der Waals surface area contributed by atoms with Crippen molar-refractivity contribution in [1.82, 2.24) is 15.6 Å². The topological polar surface area (TPSA) is 109 Å². The van der Waals surface area contributed by atoms with Gasteiger partial charge in [-0.25, -0.2) is 10.8 Å². The molecule has 0 fully saturated rings. The molecule has 0 aromatic carbocycles. The van der Waals surface area contributed by atoms with Crippen LogP contribution in [0.25, 0.3) is 0 Å². The summed E-state index contributed by atoms with van der Waals surface area (Å²) in [6.07, 6.45) is 0. The molecule has 0 saturated carbocycles. The zero-order chi connectivity index (χ0) is 14.3. The fraction of sp³-hybridized carbons (Fsp3) is 0.417. The Morgan fingerprint density at radius 3 is 2.68 bits per heavy atom. The van der Waals surface area contributed by atoms with Gasteiger partial charge in [-0.05, 0) is 18.1 Å². The number of rotatable bonds is 6. The molecule has 1 rings (SSSR count). The number of anilines is 1. The first kappa shape index (κ1) is 14.9. The Morgan fingerprint density at radius 2 is 2.05 bits per heavy atom. The summed E-state index contributed by atoms with van der Waals surface area (Å²) in [7, 11) is 0. The number of aromatic nitrogens is 1. The molecule has 0 aliphatic carbocycles. The van der Waals surface area contributed by atoms with E-state index in [0.717, 1.165) is 0 Å². The van der Waals surface area contributed by atoms with Crippen molar-refractivity contribution in [2.75, 3.05) is 18.5 Å². The fourth-order valence-corrected chi connectivity index (χ4v) is 1.27. The lowest BCUT2D eigenvalue weighted by Gasteiger charge is -2.08. The average Bonchev–Trinajstić information content (AvgIpc) is 2.42. The van der Waals surface area contributed by atoms with Crippen LogP contribution < -0.4 is 21.9 Å². The lowest BCUT2D eigenvalue weighted by molar-refractivity contribution is -0.120.